The van der Waals surface area contributed by atoms with Gasteiger partial charge in [0.05, 0.1) is 12.0 Å². The number of imide groups is 1. The molecule has 2 aliphatic heterocycles. The topological polar surface area (TPSA) is 58.6 Å². The maximum absolute atomic E-state index is 12.0. The SMILES string of the molecule is CC1C(=O)N(C(=O)OC(C)(C)C)[C@H]2CCN[C@H]12.Cl. The predicted molar refractivity (Wildman–Crippen MR) is 69.7 cm³/mol. The molecule has 2 rings (SSSR count). The van der Waals surface area contributed by atoms with Crippen LogP contribution in [0.5, 0.6) is 0 Å². The van der Waals surface area contributed by atoms with Crippen LogP contribution >= 0.6 is 12.4 Å². The Hall–Kier alpha value is -0.810. The lowest BCUT2D eigenvalue weighted by atomic mass is 10.0. The summed E-state index contributed by atoms with van der Waals surface area (Å²) in [5, 5.41) is 3.28. The van der Waals surface area contributed by atoms with Crippen molar-refractivity contribution in [1.82, 2.24) is 10.2 Å². The normalized spacial score (nSPS) is 31.0. The molecule has 2 saturated heterocycles. The van der Waals surface area contributed by atoms with Crippen molar-refractivity contribution in [3.63, 3.8) is 0 Å². The van der Waals surface area contributed by atoms with Crippen LogP contribution in [0.2, 0.25) is 0 Å². The van der Waals surface area contributed by atoms with Crippen LogP contribution in [-0.2, 0) is 9.53 Å². The van der Waals surface area contributed by atoms with Crippen molar-refractivity contribution < 1.29 is 14.3 Å². The molecule has 0 aromatic heterocycles. The summed E-state index contributed by atoms with van der Waals surface area (Å²) in [6, 6.07) is 0.0577. The number of halogens is 1. The number of carbonyl (C=O) groups is 2. The highest BCUT2D eigenvalue weighted by Gasteiger charge is 2.51. The number of likely N-dealkylation sites (tertiary alicyclic amines) is 1. The van der Waals surface area contributed by atoms with E-state index in [4.69, 9.17) is 4.74 Å². The van der Waals surface area contributed by atoms with Gasteiger partial charge in [-0.2, -0.15) is 0 Å². The third-order valence-corrected chi connectivity index (χ3v) is 3.32. The Bertz CT molecular complexity index is 354. The first-order valence-corrected chi connectivity index (χ1v) is 6.11. The molecule has 5 nitrogen and oxygen atoms in total. The summed E-state index contributed by atoms with van der Waals surface area (Å²) in [6.07, 6.45) is 0.311. The number of nitrogens with zero attached hydrogens (tertiary/aromatic N) is 1. The van der Waals surface area contributed by atoms with E-state index in [1.807, 2.05) is 6.92 Å². The maximum Gasteiger partial charge on any atom is 0.417 e. The number of nitrogens with one attached hydrogen (secondary N) is 1. The van der Waals surface area contributed by atoms with E-state index in [1.165, 1.54) is 4.90 Å². The number of ether oxygens (including phenoxy) is 1. The molecule has 0 aromatic rings. The van der Waals surface area contributed by atoms with Crippen molar-refractivity contribution in [2.45, 2.75) is 51.8 Å². The van der Waals surface area contributed by atoms with E-state index in [-0.39, 0.29) is 36.3 Å². The summed E-state index contributed by atoms with van der Waals surface area (Å²) >= 11 is 0. The molecule has 0 aromatic carbocycles. The van der Waals surface area contributed by atoms with Crippen LogP contribution in [0.1, 0.15) is 34.1 Å². The fraction of sp³-hybridized carbons (Fsp3) is 0.833. The molecular formula is C12H21ClN2O3. The number of hydrogen-bond donors (Lipinski definition) is 1. The van der Waals surface area contributed by atoms with Gasteiger partial charge in [-0.05, 0) is 33.7 Å². The van der Waals surface area contributed by atoms with Crippen LogP contribution in [0.4, 0.5) is 4.79 Å². The van der Waals surface area contributed by atoms with E-state index in [1.54, 1.807) is 20.8 Å². The van der Waals surface area contributed by atoms with Crippen LogP contribution < -0.4 is 5.32 Å². The largest absolute Gasteiger partial charge is 0.443 e. The average molecular weight is 277 g/mol. The molecule has 1 N–H and O–H groups in total. The summed E-state index contributed by atoms with van der Waals surface area (Å²) in [5.74, 6) is -0.267. The third kappa shape index (κ3) is 2.62. The number of amides is 2. The molecule has 0 radical (unpaired) electrons. The summed E-state index contributed by atoms with van der Waals surface area (Å²) in [5.41, 5.74) is -0.565. The van der Waals surface area contributed by atoms with Gasteiger partial charge in [-0.1, -0.05) is 6.92 Å². The highest BCUT2D eigenvalue weighted by Crippen LogP contribution is 2.31. The molecule has 0 spiro atoms. The zero-order chi connectivity index (χ0) is 12.8. The van der Waals surface area contributed by atoms with Gasteiger partial charge < -0.3 is 10.1 Å². The van der Waals surface area contributed by atoms with Gasteiger partial charge in [0.2, 0.25) is 5.91 Å². The van der Waals surface area contributed by atoms with Crippen molar-refractivity contribution in [1.29, 1.82) is 0 Å². The minimum atomic E-state index is -0.565. The molecular weight excluding hydrogens is 256 g/mol. The molecule has 2 aliphatic rings. The minimum absolute atomic E-state index is 0. The molecule has 6 heteroatoms. The van der Waals surface area contributed by atoms with E-state index in [9.17, 15) is 9.59 Å². The second-order valence-corrected chi connectivity index (χ2v) is 5.81. The highest BCUT2D eigenvalue weighted by molar-refractivity contribution is 5.96. The van der Waals surface area contributed by atoms with E-state index in [0.717, 1.165) is 13.0 Å². The quantitative estimate of drug-likeness (QED) is 0.729. The molecule has 104 valence electrons. The Labute approximate surface area is 114 Å². The summed E-state index contributed by atoms with van der Waals surface area (Å²) in [4.78, 5) is 25.4. The van der Waals surface area contributed by atoms with Gasteiger partial charge >= 0.3 is 6.09 Å². The Morgan fingerprint density at radius 1 is 1.44 bits per heavy atom. The lowest BCUT2D eigenvalue weighted by Crippen LogP contribution is -2.43. The monoisotopic (exact) mass is 276 g/mol. The van der Waals surface area contributed by atoms with Crippen molar-refractivity contribution >= 4 is 24.4 Å². The van der Waals surface area contributed by atoms with E-state index >= 15 is 0 Å². The molecule has 0 aliphatic carbocycles. The maximum atomic E-state index is 12.0. The van der Waals surface area contributed by atoms with Gasteiger partial charge in [0, 0.05) is 6.04 Å². The smallest absolute Gasteiger partial charge is 0.417 e. The molecule has 1 unspecified atom stereocenters. The number of fused-ring (bicyclic) bond motifs is 1. The molecule has 3 atom stereocenters. The van der Waals surface area contributed by atoms with Gasteiger partial charge in [0.1, 0.15) is 5.60 Å². The first-order chi connectivity index (χ1) is 7.81. The standard InChI is InChI=1S/C12H20N2O3.ClH/c1-7-9-8(5-6-13-9)14(10(7)15)11(16)17-12(2,3)4;/h7-9,13H,5-6H2,1-4H3;1H/t7?,8-,9+;/m0./s1. The van der Waals surface area contributed by atoms with Crippen molar-refractivity contribution in [3.05, 3.63) is 0 Å². The Morgan fingerprint density at radius 2 is 2.06 bits per heavy atom. The van der Waals surface area contributed by atoms with Gasteiger partial charge in [0.15, 0.2) is 0 Å². The van der Waals surface area contributed by atoms with Gasteiger partial charge in [-0.15, -0.1) is 12.4 Å². The van der Waals surface area contributed by atoms with E-state index in [2.05, 4.69) is 5.32 Å². The van der Waals surface area contributed by atoms with Crippen LogP contribution in [-0.4, -0.2) is 41.1 Å². The highest BCUT2D eigenvalue weighted by atomic mass is 35.5. The summed E-state index contributed by atoms with van der Waals surface area (Å²) < 4.78 is 5.29. The third-order valence-electron chi connectivity index (χ3n) is 3.32. The molecule has 2 fully saturated rings. The lowest BCUT2D eigenvalue weighted by molar-refractivity contribution is -0.130. The van der Waals surface area contributed by atoms with Gasteiger partial charge in [-0.3, -0.25) is 4.79 Å². The Kier molecular flexibility index (Phi) is 4.28. The van der Waals surface area contributed by atoms with Gasteiger partial charge in [-0.25, -0.2) is 9.69 Å². The van der Waals surface area contributed by atoms with Crippen molar-refractivity contribution in [3.8, 4) is 0 Å². The zero-order valence-corrected chi connectivity index (χ0v) is 12.0. The number of hydrogen-bond acceptors (Lipinski definition) is 4. The number of rotatable bonds is 0. The molecule has 2 amide bonds. The number of carbonyl (C=O) groups excluding carboxylic acids is 2. The second-order valence-electron chi connectivity index (χ2n) is 5.81. The van der Waals surface area contributed by atoms with Crippen molar-refractivity contribution in [2.24, 2.45) is 5.92 Å². The minimum Gasteiger partial charge on any atom is -0.443 e. The summed E-state index contributed by atoms with van der Waals surface area (Å²) in [7, 11) is 0. The van der Waals surface area contributed by atoms with Crippen LogP contribution in [0.3, 0.4) is 0 Å². The van der Waals surface area contributed by atoms with Gasteiger partial charge in [0.25, 0.3) is 0 Å². The first-order valence-electron chi connectivity index (χ1n) is 6.11. The Balaban J connectivity index is 0.00000162. The van der Waals surface area contributed by atoms with Crippen LogP contribution in [0.15, 0.2) is 0 Å². The molecule has 2 heterocycles. The first kappa shape index (κ1) is 15.2. The zero-order valence-electron chi connectivity index (χ0n) is 11.2. The fourth-order valence-corrected chi connectivity index (χ4v) is 2.59. The van der Waals surface area contributed by atoms with E-state index < -0.39 is 11.7 Å². The summed E-state index contributed by atoms with van der Waals surface area (Å²) in [6.45, 7) is 8.13. The Morgan fingerprint density at radius 3 is 2.61 bits per heavy atom. The van der Waals surface area contributed by atoms with Crippen molar-refractivity contribution in [2.75, 3.05) is 6.54 Å². The lowest BCUT2D eigenvalue weighted by Gasteiger charge is -2.26. The van der Waals surface area contributed by atoms with Crippen LogP contribution in [0.25, 0.3) is 0 Å². The predicted octanol–water partition coefficient (Wildman–Crippen LogP) is 1.55. The second kappa shape index (κ2) is 5.05. The molecule has 0 bridgehead atoms. The average Bonchev–Trinajstić information content (AvgIpc) is 2.69. The fourth-order valence-electron chi connectivity index (χ4n) is 2.59. The van der Waals surface area contributed by atoms with E-state index in [0.29, 0.717) is 0 Å². The molecule has 18 heavy (non-hydrogen) atoms. The molecule has 0 saturated carbocycles. The van der Waals surface area contributed by atoms with Crippen LogP contribution in [0, 0.1) is 5.92 Å².